The zero-order valence-electron chi connectivity index (χ0n) is 9.45. The Kier molecular flexibility index (Phi) is 5.62. The zero-order chi connectivity index (χ0) is 12.0. The highest BCUT2D eigenvalue weighted by Gasteiger charge is 2.13. The molecular formula is C10H16N2O2S2. The number of thiazole rings is 1. The Labute approximate surface area is 103 Å². The van der Waals surface area contributed by atoms with Gasteiger partial charge in [-0.05, 0) is 31.8 Å². The van der Waals surface area contributed by atoms with Crippen LogP contribution in [0.3, 0.4) is 0 Å². The number of unbranched alkanes of at least 4 members (excludes halogenated alkanes) is 1. The number of carboxylic acids is 1. The lowest BCUT2D eigenvalue weighted by Gasteiger charge is -2.00. The van der Waals surface area contributed by atoms with E-state index in [4.69, 9.17) is 5.11 Å². The molecule has 0 unspecified atom stereocenters. The van der Waals surface area contributed by atoms with Crippen molar-refractivity contribution in [3.8, 4) is 0 Å². The summed E-state index contributed by atoms with van der Waals surface area (Å²) in [6.07, 6.45) is 4.35. The first-order valence-corrected chi connectivity index (χ1v) is 7.29. The molecule has 16 heavy (non-hydrogen) atoms. The number of carbonyl (C=O) groups is 1. The summed E-state index contributed by atoms with van der Waals surface area (Å²) in [5.74, 6) is 0.268. The fourth-order valence-electron chi connectivity index (χ4n) is 1.24. The topological polar surface area (TPSA) is 62.2 Å². The SMILES string of the molecule is CSCCCCNc1nc(C)c(C(=O)O)s1. The summed E-state index contributed by atoms with van der Waals surface area (Å²) in [5.41, 5.74) is 0.587. The normalized spacial score (nSPS) is 10.4. The van der Waals surface area contributed by atoms with Gasteiger partial charge in [0.15, 0.2) is 5.13 Å². The highest BCUT2D eigenvalue weighted by molar-refractivity contribution is 7.98. The minimum atomic E-state index is -0.898. The molecule has 4 nitrogen and oxygen atoms in total. The monoisotopic (exact) mass is 260 g/mol. The number of aromatic nitrogens is 1. The Balaban J connectivity index is 2.37. The van der Waals surface area contributed by atoms with Gasteiger partial charge in [-0.1, -0.05) is 11.3 Å². The predicted molar refractivity (Wildman–Crippen MR) is 69.9 cm³/mol. The number of rotatable bonds is 7. The average Bonchev–Trinajstić information content (AvgIpc) is 2.59. The van der Waals surface area contributed by atoms with E-state index < -0.39 is 5.97 Å². The summed E-state index contributed by atoms with van der Waals surface area (Å²) in [4.78, 5) is 15.3. The first-order valence-electron chi connectivity index (χ1n) is 5.08. The zero-order valence-corrected chi connectivity index (χ0v) is 11.1. The van der Waals surface area contributed by atoms with Crippen LogP contribution in [0.2, 0.25) is 0 Å². The van der Waals surface area contributed by atoms with Crippen LogP contribution in [0.15, 0.2) is 0 Å². The maximum Gasteiger partial charge on any atom is 0.347 e. The van der Waals surface area contributed by atoms with Crippen molar-refractivity contribution in [2.24, 2.45) is 0 Å². The molecule has 0 saturated carbocycles. The van der Waals surface area contributed by atoms with Crippen molar-refractivity contribution in [2.75, 3.05) is 23.9 Å². The summed E-state index contributed by atoms with van der Waals surface area (Å²) < 4.78 is 0. The molecule has 1 aromatic rings. The molecular weight excluding hydrogens is 244 g/mol. The molecule has 0 atom stereocenters. The molecule has 1 rings (SSSR count). The van der Waals surface area contributed by atoms with E-state index in [-0.39, 0.29) is 0 Å². The van der Waals surface area contributed by atoms with Gasteiger partial charge in [0.05, 0.1) is 5.69 Å². The maximum absolute atomic E-state index is 10.8. The van der Waals surface area contributed by atoms with Gasteiger partial charge in [0.1, 0.15) is 4.88 Å². The van der Waals surface area contributed by atoms with E-state index in [0.717, 1.165) is 13.0 Å². The van der Waals surface area contributed by atoms with Crippen molar-refractivity contribution in [3.63, 3.8) is 0 Å². The first-order chi connectivity index (χ1) is 7.65. The lowest BCUT2D eigenvalue weighted by molar-refractivity contribution is 0.0701. The molecule has 0 amide bonds. The summed E-state index contributed by atoms with van der Waals surface area (Å²) in [5, 5.41) is 12.7. The van der Waals surface area contributed by atoms with E-state index >= 15 is 0 Å². The fraction of sp³-hybridized carbons (Fsp3) is 0.600. The van der Waals surface area contributed by atoms with Crippen molar-refractivity contribution >= 4 is 34.2 Å². The largest absolute Gasteiger partial charge is 0.477 e. The molecule has 0 aliphatic carbocycles. The smallest absolute Gasteiger partial charge is 0.347 e. The number of nitrogens with one attached hydrogen (secondary N) is 1. The number of anilines is 1. The molecule has 1 aromatic heterocycles. The van der Waals surface area contributed by atoms with Gasteiger partial charge in [0, 0.05) is 6.54 Å². The van der Waals surface area contributed by atoms with Crippen LogP contribution in [0.4, 0.5) is 5.13 Å². The van der Waals surface area contributed by atoms with E-state index in [0.29, 0.717) is 15.7 Å². The molecule has 2 N–H and O–H groups in total. The minimum Gasteiger partial charge on any atom is -0.477 e. The molecule has 0 aromatic carbocycles. The van der Waals surface area contributed by atoms with Gasteiger partial charge in [-0.2, -0.15) is 11.8 Å². The number of aromatic carboxylic acids is 1. The lowest BCUT2D eigenvalue weighted by atomic mass is 10.3. The predicted octanol–water partition coefficient (Wildman–Crippen LogP) is 2.70. The average molecular weight is 260 g/mol. The van der Waals surface area contributed by atoms with E-state index in [1.54, 1.807) is 6.92 Å². The van der Waals surface area contributed by atoms with Gasteiger partial charge in [-0.3, -0.25) is 0 Å². The van der Waals surface area contributed by atoms with Crippen molar-refractivity contribution < 1.29 is 9.90 Å². The third-order valence-corrected chi connectivity index (χ3v) is 3.84. The van der Waals surface area contributed by atoms with E-state index in [2.05, 4.69) is 16.6 Å². The van der Waals surface area contributed by atoms with Gasteiger partial charge in [0.25, 0.3) is 0 Å². The fourth-order valence-corrected chi connectivity index (χ4v) is 2.56. The second-order valence-electron chi connectivity index (χ2n) is 3.37. The van der Waals surface area contributed by atoms with Crippen molar-refractivity contribution in [1.29, 1.82) is 0 Å². The number of aryl methyl sites for hydroxylation is 1. The third-order valence-electron chi connectivity index (χ3n) is 2.04. The molecule has 0 bridgehead atoms. The van der Waals surface area contributed by atoms with Crippen LogP contribution >= 0.6 is 23.1 Å². The van der Waals surface area contributed by atoms with Crippen LogP contribution < -0.4 is 5.32 Å². The van der Waals surface area contributed by atoms with Crippen LogP contribution in [0.5, 0.6) is 0 Å². The van der Waals surface area contributed by atoms with Crippen molar-refractivity contribution in [3.05, 3.63) is 10.6 Å². The standard InChI is InChI=1S/C10H16N2O2S2/c1-7-8(9(13)14)16-10(12-7)11-5-3-4-6-15-2/h3-6H2,1-2H3,(H,11,12)(H,13,14). The first kappa shape index (κ1) is 13.3. The quantitative estimate of drug-likeness (QED) is 0.738. The van der Waals surface area contributed by atoms with Gasteiger partial charge in [-0.25, -0.2) is 9.78 Å². The number of hydrogen-bond donors (Lipinski definition) is 2. The molecule has 0 radical (unpaired) electrons. The van der Waals surface area contributed by atoms with Gasteiger partial charge >= 0.3 is 5.97 Å². The Morgan fingerprint density at radius 3 is 2.88 bits per heavy atom. The molecule has 6 heteroatoms. The van der Waals surface area contributed by atoms with E-state index in [1.807, 2.05) is 11.8 Å². The molecule has 0 aliphatic heterocycles. The van der Waals surface area contributed by atoms with Crippen molar-refractivity contribution in [2.45, 2.75) is 19.8 Å². The molecule has 0 saturated heterocycles. The number of carboxylic acid groups (broad SMARTS) is 1. The Morgan fingerprint density at radius 1 is 1.56 bits per heavy atom. The Bertz CT molecular complexity index is 353. The lowest BCUT2D eigenvalue weighted by Crippen LogP contribution is -2.01. The second kappa shape index (κ2) is 6.75. The summed E-state index contributed by atoms with van der Waals surface area (Å²) in [6, 6.07) is 0. The Morgan fingerprint density at radius 2 is 2.31 bits per heavy atom. The molecule has 0 aliphatic rings. The maximum atomic E-state index is 10.8. The third kappa shape index (κ3) is 4.02. The molecule has 0 fully saturated rings. The van der Waals surface area contributed by atoms with Crippen LogP contribution in [-0.4, -0.2) is 34.6 Å². The second-order valence-corrected chi connectivity index (χ2v) is 5.35. The molecule has 90 valence electrons. The molecule has 1 heterocycles. The van der Waals surface area contributed by atoms with Crippen LogP contribution in [0.1, 0.15) is 28.2 Å². The van der Waals surface area contributed by atoms with Crippen molar-refractivity contribution in [1.82, 2.24) is 4.98 Å². The summed E-state index contributed by atoms with van der Waals surface area (Å²) in [6.45, 7) is 2.57. The molecule has 0 spiro atoms. The van der Waals surface area contributed by atoms with E-state index in [9.17, 15) is 4.79 Å². The number of nitrogens with zero attached hydrogens (tertiary/aromatic N) is 1. The number of hydrogen-bond acceptors (Lipinski definition) is 5. The summed E-state index contributed by atoms with van der Waals surface area (Å²) >= 11 is 3.04. The highest BCUT2D eigenvalue weighted by Crippen LogP contribution is 2.22. The highest BCUT2D eigenvalue weighted by atomic mass is 32.2. The number of thioether (sulfide) groups is 1. The minimum absolute atomic E-state index is 0.326. The van der Waals surface area contributed by atoms with E-state index in [1.165, 1.54) is 23.5 Å². The van der Waals surface area contributed by atoms with Crippen LogP contribution in [0, 0.1) is 6.92 Å². The van der Waals surface area contributed by atoms with Gasteiger partial charge in [0.2, 0.25) is 0 Å². The van der Waals surface area contributed by atoms with Crippen LogP contribution in [0.25, 0.3) is 0 Å². The Hall–Kier alpha value is -0.750. The van der Waals surface area contributed by atoms with Gasteiger partial charge in [-0.15, -0.1) is 0 Å². The van der Waals surface area contributed by atoms with Crippen LogP contribution in [-0.2, 0) is 0 Å². The van der Waals surface area contributed by atoms with Gasteiger partial charge < -0.3 is 10.4 Å². The summed E-state index contributed by atoms with van der Waals surface area (Å²) in [7, 11) is 0.